The second kappa shape index (κ2) is 7.86. The van der Waals surface area contributed by atoms with Crippen LogP contribution in [-0.4, -0.2) is 46.6 Å². The molecule has 0 fully saturated rings. The summed E-state index contributed by atoms with van der Waals surface area (Å²) in [5.74, 6) is -1.41. The zero-order valence-corrected chi connectivity index (χ0v) is 13.2. The van der Waals surface area contributed by atoms with Gasteiger partial charge in [-0.05, 0) is 31.2 Å². The summed E-state index contributed by atoms with van der Waals surface area (Å²) in [6.45, 7) is 1.79. The van der Waals surface area contributed by atoms with E-state index in [1.807, 2.05) is 0 Å². The van der Waals surface area contributed by atoms with Gasteiger partial charge >= 0.3 is 11.9 Å². The molecule has 0 spiro atoms. The van der Waals surface area contributed by atoms with Crippen LogP contribution in [0.25, 0.3) is 0 Å². The topological polar surface area (TPSA) is 112 Å². The van der Waals surface area contributed by atoms with E-state index in [4.69, 9.17) is 4.74 Å². The van der Waals surface area contributed by atoms with Crippen LogP contribution in [0.4, 0.5) is 5.69 Å². The van der Waals surface area contributed by atoms with Gasteiger partial charge in [-0.2, -0.15) is 0 Å². The van der Waals surface area contributed by atoms with E-state index in [1.165, 1.54) is 30.1 Å². The maximum atomic E-state index is 12.0. The van der Waals surface area contributed by atoms with Crippen LogP contribution in [0.2, 0.25) is 0 Å². The number of nitrogens with one attached hydrogen (secondary N) is 1. The fraction of sp³-hybridized carbons (Fsp3) is 0.267. The predicted octanol–water partition coefficient (Wildman–Crippen LogP) is 0.880. The number of hydrogen-bond acceptors (Lipinski definition) is 7. The van der Waals surface area contributed by atoms with E-state index < -0.39 is 11.9 Å². The molecule has 0 unspecified atom stereocenters. The number of amides is 1. The molecule has 0 aliphatic carbocycles. The lowest BCUT2D eigenvalue weighted by molar-refractivity contribution is -0.116. The molecule has 2 aromatic rings. The summed E-state index contributed by atoms with van der Waals surface area (Å²) in [6.07, 6.45) is 1.33. The van der Waals surface area contributed by atoms with Gasteiger partial charge in [-0.15, -0.1) is 5.10 Å². The number of benzene rings is 1. The summed E-state index contributed by atoms with van der Waals surface area (Å²) in [5, 5.41) is 9.98. The number of carbonyl (C=O) groups excluding carboxylic acids is 3. The highest BCUT2D eigenvalue weighted by Gasteiger charge is 2.13. The average Bonchev–Trinajstić information content (AvgIpc) is 3.03. The predicted molar refractivity (Wildman–Crippen MR) is 82.4 cm³/mol. The highest BCUT2D eigenvalue weighted by molar-refractivity contribution is 5.93. The van der Waals surface area contributed by atoms with E-state index in [0.717, 1.165) is 0 Å². The van der Waals surface area contributed by atoms with Gasteiger partial charge in [0.1, 0.15) is 6.54 Å². The van der Waals surface area contributed by atoms with Crippen LogP contribution in [-0.2, 0) is 20.8 Å². The summed E-state index contributed by atoms with van der Waals surface area (Å²) in [7, 11) is 1.29. The Morgan fingerprint density at radius 1 is 1.17 bits per heavy atom. The lowest BCUT2D eigenvalue weighted by Gasteiger charge is -2.05. The lowest BCUT2D eigenvalue weighted by atomic mass is 10.2. The van der Waals surface area contributed by atoms with Crippen LogP contribution in [0, 0.1) is 0 Å². The number of rotatable bonds is 6. The zero-order chi connectivity index (χ0) is 17.5. The van der Waals surface area contributed by atoms with E-state index >= 15 is 0 Å². The SMILES string of the molecule is CCOC(=O)c1cn(CC(=O)Nc2ccc(C(=O)OC)cc2)nn1. The first kappa shape index (κ1) is 17.1. The molecule has 9 nitrogen and oxygen atoms in total. The number of esters is 2. The Labute approximate surface area is 137 Å². The quantitative estimate of drug-likeness (QED) is 0.781. The third kappa shape index (κ3) is 4.38. The third-order valence-corrected chi connectivity index (χ3v) is 2.92. The van der Waals surface area contributed by atoms with E-state index in [-0.39, 0.29) is 24.8 Å². The molecule has 1 heterocycles. The van der Waals surface area contributed by atoms with Crippen LogP contribution in [0.3, 0.4) is 0 Å². The summed E-state index contributed by atoms with van der Waals surface area (Å²) in [6, 6.07) is 6.23. The average molecular weight is 332 g/mol. The maximum absolute atomic E-state index is 12.0. The van der Waals surface area contributed by atoms with Crippen molar-refractivity contribution in [2.75, 3.05) is 19.0 Å². The van der Waals surface area contributed by atoms with E-state index in [2.05, 4.69) is 20.4 Å². The fourth-order valence-electron chi connectivity index (χ4n) is 1.83. The van der Waals surface area contributed by atoms with Gasteiger partial charge in [0.2, 0.25) is 5.91 Å². The van der Waals surface area contributed by atoms with Gasteiger partial charge < -0.3 is 14.8 Å². The van der Waals surface area contributed by atoms with Crippen molar-refractivity contribution in [2.45, 2.75) is 13.5 Å². The second-order valence-corrected chi connectivity index (χ2v) is 4.64. The van der Waals surface area contributed by atoms with Gasteiger partial charge in [0.15, 0.2) is 5.69 Å². The van der Waals surface area contributed by atoms with Crippen LogP contribution >= 0.6 is 0 Å². The number of methoxy groups -OCH3 is 1. The van der Waals surface area contributed by atoms with Crippen molar-refractivity contribution < 1.29 is 23.9 Å². The molecular weight excluding hydrogens is 316 g/mol. The van der Waals surface area contributed by atoms with Crippen molar-refractivity contribution >= 4 is 23.5 Å². The molecule has 0 aliphatic rings. The first-order valence-corrected chi connectivity index (χ1v) is 7.09. The maximum Gasteiger partial charge on any atom is 0.360 e. The Morgan fingerprint density at radius 3 is 2.50 bits per heavy atom. The molecule has 0 radical (unpaired) electrons. The number of hydrogen-bond donors (Lipinski definition) is 1. The minimum atomic E-state index is -0.595. The van der Waals surface area contributed by atoms with Crippen molar-refractivity contribution in [3.63, 3.8) is 0 Å². The summed E-state index contributed by atoms with van der Waals surface area (Å²) in [5.41, 5.74) is 0.927. The Hall–Kier alpha value is -3.23. The Morgan fingerprint density at radius 2 is 1.88 bits per heavy atom. The molecule has 0 saturated carbocycles. The summed E-state index contributed by atoms with van der Waals surface area (Å²) < 4.78 is 10.6. The molecule has 1 aromatic carbocycles. The standard InChI is InChI=1S/C15H16N4O5/c1-3-24-15(22)12-8-19(18-17-12)9-13(20)16-11-6-4-10(5-7-11)14(21)23-2/h4-8H,3,9H2,1-2H3,(H,16,20). The van der Waals surface area contributed by atoms with Crippen LogP contribution in [0.15, 0.2) is 30.5 Å². The van der Waals surface area contributed by atoms with Gasteiger partial charge in [0.05, 0.1) is 25.5 Å². The minimum absolute atomic E-state index is 0.0343. The third-order valence-electron chi connectivity index (χ3n) is 2.92. The molecule has 126 valence electrons. The molecule has 24 heavy (non-hydrogen) atoms. The zero-order valence-electron chi connectivity index (χ0n) is 13.2. The molecule has 0 atom stereocenters. The van der Waals surface area contributed by atoms with Crippen molar-refractivity contribution in [3.8, 4) is 0 Å². The van der Waals surface area contributed by atoms with Gasteiger partial charge in [0.25, 0.3) is 0 Å². The Balaban J connectivity index is 1.93. The second-order valence-electron chi connectivity index (χ2n) is 4.64. The first-order chi connectivity index (χ1) is 11.5. The lowest BCUT2D eigenvalue weighted by Crippen LogP contribution is -2.19. The first-order valence-electron chi connectivity index (χ1n) is 7.09. The number of nitrogens with zero attached hydrogens (tertiary/aromatic N) is 3. The molecule has 0 saturated heterocycles. The van der Waals surface area contributed by atoms with Gasteiger partial charge in [0, 0.05) is 5.69 Å². The molecule has 2 rings (SSSR count). The Bertz CT molecular complexity index is 739. The van der Waals surface area contributed by atoms with Crippen molar-refractivity contribution in [1.29, 1.82) is 0 Å². The number of ether oxygens (including phenoxy) is 2. The van der Waals surface area contributed by atoms with Crippen LogP contribution in [0.5, 0.6) is 0 Å². The van der Waals surface area contributed by atoms with E-state index in [1.54, 1.807) is 19.1 Å². The highest BCUT2D eigenvalue weighted by atomic mass is 16.5. The minimum Gasteiger partial charge on any atom is -0.465 e. The fourth-order valence-corrected chi connectivity index (χ4v) is 1.83. The molecule has 1 N–H and O–H groups in total. The smallest absolute Gasteiger partial charge is 0.360 e. The number of aromatic nitrogens is 3. The highest BCUT2D eigenvalue weighted by Crippen LogP contribution is 2.10. The summed E-state index contributed by atoms with van der Waals surface area (Å²) in [4.78, 5) is 34.8. The van der Waals surface area contributed by atoms with Gasteiger partial charge in [-0.25, -0.2) is 14.3 Å². The van der Waals surface area contributed by atoms with Crippen LogP contribution in [0.1, 0.15) is 27.8 Å². The molecular formula is C15H16N4O5. The van der Waals surface area contributed by atoms with Crippen molar-refractivity contribution in [3.05, 3.63) is 41.7 Å². The molecule has 1 amide bonds. The summed E-state index contributed by atoms with van der Waals surface area (Å²) >= 11 is 0. The normalized spacial score (nSPS) is 10.1. The van der Waals surface area contributed by atoms with E-state index in [9.17, 15) is 14.4 Å². The molecule has 1 aromatic heterocycles. The van der Waals surface area contributed by atoms with Gasteiger partial charge in [-0.1, -0.05) is 5.21 Å². The van der Waals surface area contributed by atoms with Gasteiger partial charge in [-0.3, -0.25) is 4.79 Å². The van der Waals surface area contributed by atoms with E-state index in [0.29, 0.717) is 11.3 Å². The number of carbonyl (C=O) groups is 3. The number of anilines is 1. The van der Waals surface area contributed by atoms with Crippen molar-refractivity contribution in [1.82, 2.24) is 15.0 Å². The largest absolute Gasteiger partial charge is 0.465 e. The van der Waals surface area contributed by atoms with Crippen molar-refractivity contribution in [2.24, 2.45) is 0 Å². The molecule has 9 heteroatoms. The Kier molecular flexibility index (Phi) is 5.61. The molecule has 0 aliphatic heterocycles. The molecule has 0 bridgehead atoms. The monoisotopic (exact) mass is 332 g/mol. The van der Waals surface area contributed by atoms with Crippen LogP contribution < -0.4 is 5.32 Å².